The largest absolute Gasteiger partial charge is 0.507 e. The summed E-state index contributed by atoms with van der Waals surface area (Å²) in [6, 6.07) is 12.9. The lowest BCUT2D eigenvalue weighted by molar-refractivity contribution is 0.437. The lowest BCUT2D eigenvalue weighted by Crippen LogP contribution is -1.81. The van der Waals surface area contributed by atoms with Crippen LogP contribution in [0.4, 0.5) is 5.88 Å². The van der Waals surface area contributed by atoms with Gasteiger partial charge in [-0.05, 0) is 22.9 Å². The third kappa shape index (κ3) is 1.59. The normalized spacial score (nSPS) is 10.8. The summed E-state index contributed by atoms with van der Waals surface area (Å²) < 4.78 is 4.80. The minimum Gasteiger partial charge on any atom is -0.507 e. The fraction of sp³-hybridized carbons (Fsp3) is 0. The van der Waals surface area contributed by atoms with E-state index in [0.717, 1.165) is 10.8 Å². The fourth-order valence-electron chi connectivity index (χ4n) is 1.85. The van der Waals surface area contributed by atoms with Gasteiger partial charge in [-0.1, -0.05) is 29.4 Å². The van der Waals surface area contributed by atoms with Gasteiger partial charge < -0.3 is 15.4 Å². The van der Waals surface area contributed by atoms with E-state index in [9.17, 15) is 5.11 Å². The maximum Gasteiger partial charge on any atom is 0.222 e. The average Bonchev–Trinajstić information content (AvgIpc) is 2.75. The third-order valence-corrected chi connectivity index (χ3v) is 2.67. The number of anilines is 1. The zero-order valence-corrected chi connectivity index (χ0v) is 8.92. The SMILES string of the molecule is Nc1cc(-c2cc3ccccc3cc2O)no1. The van der Waals surface area contributed by atoms with Crippen LogP contribution >= 0.6 is 0 Å². The first-order chi connectivity index (χ1) is 8.24. The summed E-state index contributed by atoms with van der Waals surface area (Å²) in [6.45, 7) is 0. The van der Waals surface area contributed by atoms with E-state index in [2.05, 4.69) is 5.16 Å². The van der Waals surface area contributed by atoms with Crippen LogP contribution in [0.15, 0.2) is 47.0 Å². The standard InChI is InChI=1S/C13H10N2O2/c14-13-7-11(15-17-13)10-5-8-3-1-2-4-9(8)6-12(10)16/h1-7,16H,14H2. The molecular weight excluding hydrogens is 216 g/mol. The van der Waals surface area contributed by atoms with Gasteiger partial charge in [0.25, 0.3) is 0 Å². The molecule has 4 heteroatoms. The molecule has 3 rings (SSSR count). The number of aromatic hydroxyl groups is 1. The van der Waals surface area contributed by atoms with Crippen molar-refractivity contribution < 1.29 is 9.63 Å². The molecule has 0 amide bonds. The van der Waals surface area contributed by atoms with Gasteiger partial charge in [-0.25, -0.2) is 0 Å². The zero-order chi connectivity index (χ0) is 11.8. The van der Waals surface area contributed by atoms with Gasteiger partial charge in [-0.2, -0.15) is 0 Å². The topological polar surface area (TPSA) is 72.3 Å². The van der Waals surface area contributed by atoms with Crippen molar-refractivity contribution in [2.45, 2.75) is 0 Å². The lowest BCUT2D eigenvalue weighted by Gasteiger charge is -2.03. The number of nitrogens with zero attached hydrogens (tertiary/aromatic N) is 1. The van der Waals surface area contributed by atoms with Crippen LogP contribution in [0.2, 0.25) is 0 Å². The predicted octanol–water partition coefficient (Wildman–Crippen LogP) is 2.78. The molecule has 0 saturated carbocycles. The molecule has 84 valence electrons. The highest BCUT2D eigenvalue weighted by molar-refractivity contribution is 5.90. The summed E-state index contributed by atoms with van der Waals surface area (Å²) in [5, 5.41) is 15.7. The molecule has 3 aromatic rings. The molecule has 0 aliphatic heterocycles. The van der Waals surface area contributed by atoms with E-state index >= 15 is 0 Å². The summed E-state index contributed by atoms with van der Waals surface area (Å²) in [4.78, 5) is 0. The van der Waals surface area contributed by atoms with Crippen LogP contribution in [0.1, 0.15) is 0 Å². The van der Waals surface area contributed by atoms with Gasteiger partial charge in [0, 0.05) is 11.6 Å². The Kier molecular flexibility index (Phi) is 2.01. The monoisotopic (exact) mass is 226 g/mol. The van der Waals surface area contributed by atoms with Gasteiger partial charge in [-0.3, -0.25) is 0 Å². The molecule has 17 heavy (non-hydrogen) atoms. The maximum atomic E-state index is 9.95. The summed E-state index contributed by atoms with van der Waals surface area (Å²) in [5.41, 5.74) is 6.62. The molecule has 0 unspecified atom stereocenters. The van der Waals surface area contributed by atoms with E-state index in [0.29, 0.717) is 11.3 Å². The fourth-order valence-corrected chi connectivity index (χ4v) is 1.85. The third-order valence-electron chi connectivity index (χ3n) is 2.67. The Labute approximate surface area is 97.3 Å². The average molecular weight is 226 g/mol. The number of fused-ring (bicyclic) bond motifs is 1. The number of phenolic OH excluding ortho intramolecular Hbond substituents is 1. The van der Waals surface area contributed by atoms with Gasteiger partial charge in [-0.15, -0.1) is 0 Å². The molecule has 0 radical (unpaired) electrons. The molecule has 0 bridgehead atoms. The Hall–Kier alpha value is -2.49. The second kappa shape index (κ2) is 3.52. The number of nitrogens with two attached hydrogens (primary N) is 1. The highest BCUT2D eigenvalue weighted by Crippen LogP contribution is 2.33. The molecule has 1 aromatic heterocycles. The summed E-state index contributed by atoms with van der Waals surface area (Å²) in [5.74, 6) is 0.393. The van der Waals surface area contributed by atoms with Crippen molar-refractivity contribution in [3.8, 4) is 17.0 Å². The Morgan fingerprint density at radius 3 is 2.41 bits per heavy atom. The molecule has 1 heterocycles. The second-order valence-corrected chi connectivity index (χ2v) is 3.83. The van der Waals surface area contributed by atoms with Crippen molar-refractivity contribution in [3.05, 3.63) is 42.5 Å². The van der Waals surface area contributed by atoms with E-state index in [1.54, 1.807) is 12.1 Å². The molecule has 3 N–H and O–H groups in total. The number of nitrogen functional groups attached to an aromatic ring is 1. The Morgan fingerprint density at radius 1 is 1.06 bits per heavy atom. The van der Waals surface area contributed by atoms with Gasteiger partial charge in [0.15, 0.2) is 0 Å². The molecule has 0 aliphatic rings. The smallest absolute Gasteiger partial charge is 0.222 e. The summed E-state index contributed by atoms with van der Waals surface area (Å²) in [6.07, 6.45) is 0. The zero-order valence-electron chi connectivity index (χ0n) is 8.92. The molecule has 0 aliphatic carbocycles. The van der Waals surface area contributed by atoms with Crippen LogP contribution in [0, 0.1) is 0 Å². The minimum atomic E-state index is 0.164. The Bertz CT molecular complexity index is 689. The van der Waals surface area contributed by atoms with Crippen LogP contribution in [0.3, 0.4) is 0 Å². The van der Waals surface area contributed by atoms with Crippen molar-refractivity contribution >= 4 is 16.7 Å². The lowest BCUT2D eigenvalue weighted by atomic mass is 10.0. The summed E-state index contributed by atoms with van der Waals surface area (Å²) in [7, 11) is 0. The van der Waals surface area contributed by atoms with Crippen molar-refractivity contribution in [3.63, 3.8) is 0 Å². The van der Waals surface area contributed by atoms with E-state index < -0.39 is 0 Å². The van der Waals surface area contributed by atoms with Crippen molar-refractivity contribution in [1.29, 1.82) is 0 Å². The first kappa shape index (κ1) is 9.72. The highest BCUT2D eigenvalue weighted by atomic mass is 16.5. The summed E-state index contributed by atoms with van der Waals surface area (Å²) >= 11 is 0. The second-order valence-electron chi connectivity index (χ2n) is 3.83. The molecule has 0 atom stereocenters. The van der Waals surface area contributed by atoms with E-state index in [1.165, 1.54) is 0 Å². The quantitative estimate of drug-likeness (QED) is 0.669. The van der Waals surface area contributed by atoms with Crippen LogP contribution < -0.4 is 5.73 Å². The van der Waals surface area contributed by atoms with E-state index in [-0.39, 0.29) is 11.6 Å². The van der Waals surface area contributed by atoms with Crippen LogP contribution in [0.5, 0.6) is 5.75 Å². The molecule has 4 nitrogen and oxygen atoms in total. The van der Waals surface area contributed by atoms with Crippen molar-refractivity contribution in [2.24, 2.45) is 0 Å². The number of hydrogen-bond acceptors (Lipinski definition) is 4. The Morgan fingerprint density at radius 2 is 1.76 bits per heavy atom. The van der Waals surface area contributed by atoms with Crippen LogP contribution in [-0.2, 0) is 0 Å². The maximum absolute atomic E-state index is 9.95. The molecular formula is C13H10N2O2. The highest BCUT2D eigenvalue weighted by Gasteiger charge is 2.10. The van der Waals surface area contributed by atoms with Crippen LogP contribution in [-0.4, -0.2) is 10.3 Å². The minimum absolute atomic E-state index is 0.164. The Balaban J connectivity index is 2.26. The van der Waals surface area contributed by atoms with Gasteiger partial charge >= 0.3 is 0 Å². The van der Waals surface area contributed by atoms with Gasteiger partial charge in [0.1, 0.15) is 11.4 Å². The number of aromatic nitrogens is 1. The number of hydrogen-bond donors (Lipinski definition) is 2. The number of phenols is 1. The molecule has 0 saturated heterocycles. The molecule has 0 fully saturated rings. The van der Waals surface area contributed by atoms with Gasteiger partial charge in [0.2, 0.25) is 5.88 Å². The number of benzene rings is 2. The van der Waals surface area contributed by atoms with Crippen LogP contribution in [0.25, 0.3) is 22.0 Å². The van der Waals surface area contributed by atoms with Gasteiger partial charge in [0.05, 0.1) is 0 Å². The molecule has 0 spiro atoms. The van der Waals surface area contributed by atoms with Crippen molar-refractivity contribution in [1.82, 2.24) is 5.16 Å². The van der Waals surface area contributed by atoms with E-state index in [4.69, 9.17) is 10.3 Å². The van der Waals surface area contributed by atoms with E-state index in [1.807, 2.05) is 30.3 Å². The first-order valence-corrected chi connectivity index (χ1v) is 5.18. The van der Waals surface area contributed by atoms with Crippen molar-refractivity contribution in [2.75, 3.05) is 5.73 Å². The molecule has 2 aromatic carbocycles. The number of rotatable bonds is 1. The predicted molar refractivity (Wildman–Crippen MR) is 65.5 cm³/mol. The first-order valence-electron chi connectivity index (χ1n) is 5.18.